The number of hydrogen-bond acceptors (Lipinski definition) is 0. The first-order chi connectivity index (χ1) is 6.58. The highest BCUT2D eigenvalue weighted by Crippen LogP contribution is 2.56. The van der Waals surface area contributed by atoms with Crippen molar-refractivity contribution in [3.63, 3.8) is 0 Å². The van der Waals surface area contributed by atoms with Crippen LogP contribution in [0.5, 0.6) is 0 Å². The first-order valence-corrected chi connectivity index (χ1v) is 6.04. The minimum atomic E-state index is 0.520. The van der Waals surface area contributed by atoms with Crippen LogP contribution in [0.25, 0.3) is 0 Å². The molecule has 78 valence electrons. The SMILES string of the molecule is CC(C)(C)CC1[C@H]2CCC#CCC[C@@H]12. The van der Waals surface area contributed by atoms with Crippen molar-refractivity contribution < 1.29 is 0 Å². The highest BCUT2D eigenvalue weighted by atomic mass is 14.5. The Kier molecular flexibility index (Phi) is 2.60. The molecule has 2 aliphatic rings. The summed E-state index contributed by atoms with van der Waals surface area (Å²) in [5, 5.41) is 0. The van der Waals surface area contributed by atoms with Crippen LogP contribution in [0.2, 0.25) is 0 Å². The second-order valence-corrected chi connectivity index (χ2v) is 6.19. The summed E-state index contributed by atoms with van der Waals surface area (Å²) < 4.78 is 0. The highest BCUT2D eigenvalue weighted by Gasteiger charge is 2.49. The van der Waals surface area contributed by atoms with Crippen LogP contribution in [0, 0.1) is 35.0 Å². The van der Waals surface area contributed by atoms with E-state index in [9.17, 15) is 0 Å². The third-order valence-electron chi connectivity index (χ3n) is 3.69. The highest BCUT2D eigenvalue weighted by molar-refractivity contribution is 5.08. The molecule has 0 N–H and O–H groups in total. The Labute approximate surface area is 88.5 Å². The number of fused-ring (bicyclic) bond motifs is 1. The average molecular weight is 190 g/mol. The van der Waals surface area contributed by atoms with Crippen LogP contribution in [0.15, 0.2) is 0 Å². The van der Waals surface area contributed by atoms with Crippen LogP contribution in [0.4, 0.5) is 0 Å². The van der Waals surface area contributed by atoms with Crippen molar-refractivity contribution >= 4 is 0 Å². The minimum Gasteiger partial charge on any atom is -0.103 e. The van der Waals surface area contributed by atoms with Crippen LogP contribution in [0.3, 0.4) is 0 Å². The van der Waals surface area contributed by atoms with Gasteiger partial charge in [-0.3, -0.25) is 0 Å². The van der Waals surface area contributed by atoms with Gasteiger partial charge in [0.1, 0.15) is 0 Å². The van der Waals surface area contributed by atoms with Crippen LogP contribution in [-0.2, 0) is 0 Å². The first-order valence-electron chi connectivity index (χ1n) is 6.04. The smallest absolute Gasteiger partial charge is 0.00915 e. The molecule has 0 spiro atoms. The molecule has 0 saturated heterocycles. The molecule has 0 aromatic heterocycles. The van der Waals surface area contributed by atoms with E-state index in [-0.39, 0.29) is 0 Å². The van der Waals surface area contributed by atoms with Crippen LogP contribution in [0.1, 0.15) is 52.9 Å². The molecule has 0 radical (unpaired) electrons. The van der Waals surface area contributed by atoms with Crippen LogP contribution < -0.4 is 0 Å². The first kappa shape index (κ1) is 10.1. The van der Waals surface area contributed by atoms with Gasteiger partial charge in [0.2, 0.25) is 0 Å². The lowest BCUT2D eigenvalue weighted by atomic mass is 9.88. The lowest BCUT2D eigenvalue weighted by molar-refractivity contribution is 0.336. The van der Waals surface area contributed by atoms with Gasteiger partial charge >= 0.3 is 0 Å². The third kappa shape index (κ3) is 2.32. The van der Waals surface area contributed by atoms with Crippen molar-refractivity contribution in [1.82, 2.24) is 0 Å². The van der Waals surface area contributed by atoms with E-state index in [2.05, 4.69) is 32.6 Å². The summed E-state index contributed by atoms with van der Waals surface area (Å²) in [6.45, 7) is 7.11. The second kappa shape index (κ2) is 3.61. The van der Waals surface area contributed by atoms with E-state index in [0.717, 1.165) is 30.6 Å². The molecule has 0 amide bonds. The van der Waals surface area contributed by atoms with E-state index in [1.807, 2.05) is 0 Å². The Morgan fingerprint density at radius 3 is 1.93 bits per heavy atom. The summed E-state index contributed by atoms with van der Waals surface area (Å²) >= 11 is 0. The Bertz CT molecular complexity index is 240. The molecule has 0 bridgehead atoms. The summed E-state index contributed by atoms with van der Waals surface area (Å²) in [7, 11) is 0. The molecule has 0 aromatic rings. The molecule has 2 aliphatic carbocycles. The molecule has 14 heavy (non-hydrogen) atoms. The zero-order valence-electron chi connectivity index (χ0n) is 9.77. The fourth-order valence-electron chi connectivity index (χ4n) is 3.04. The van der Waals surface area contributed by atoms with Crippen LogP contribution >= 0.6 is 0 Å². The molecule has 0 heteroatoms. The summed E-state index contributed by atoms with van der Waals surface area (Å²) in [6, 6.07) is 0. The van der Waals surface area contributed by atoms with Gasteiger partial charge < -0.3 is 0 Å². The summed E-state index contributed by atoms with van der Waals surface area (Å²) in [5.41, 5.74) is 0.520. The van der Waals surface area contributed by atoms with Crippen molar-refractivity contribution in [2.24, 2.45) is 23.2 Å². The van der Waals surface area contributed by atoms with E-state index in [4.69, 9.17) is 0 Å². The fraction of sp³-hybridized carbons (Fsp3) is 0.857. The Morgan fingerprint density at radius 1 is 1.00 bits per heavy atom. The lowest BCUT2D eigenvalue weighted by Gasteiger charge is -2.17. The fourth-order valence-corrected chi connectivity index (χ4v) is 3.04. The van der Waals surface area contributed by atoms with Gasteiger partial charge in [-0.25, -0.2) is 0 Å². The number of hydrogen-bond donors (Lipinski definition) is 0. The van der Waals surface area contributed by atoms with E-state index >= 15 is 0 Å². The zero-order valence-corrected chi connectivity index (χ0v) is 9.77. The molecule has 1 saturated carbocycles. The van der Waals surface area contributed by atoms with Gasteiger partial charge in [-0.2, -0.15) is 0 Å². The van der Waals surface area contributed by atoms with E-state index in [1.165, 1.54) is 19.3 Å². The molecule has 2 rings (SSSR count). The predicted octanol–water partition coefficient (Wildman–Crippen LogP) is 3.86. The van der Waals surface area contributed by atoms with Crippen molar-refractivity contribution in [3.05, 3.63) is 0 Å². The molecule has 1 unspecified atom stereocenters. The maximum Gasteiger partial charge on any atom is 0.00915 e. The molecule has 0 nitrogen and oxygen atoms in total. The van der Waals surface area contributed by atoms with Crippen molar-refractivity contribution in [3.8, 4) is 11.8 Å². The summed E-state index contributed by atoms with van der Waals surface area (Å²) in [4.78, 5) is 0. The normalized spacial score (nSPS) is 36.1. The molecular weight excluding hydrogens is 168 g/mol. The van der Waals surface area contributed by atoms with E-state index in [1.54, 1.807) is 0 Å². The van der Waals surface area contributed by atoms with Gasteiger partial charge in [0.05, 0.1) is 0 Å². The van der Waals surface area contributed by atoms with Crippen molar-refractivity contribution in [1.29, 1.82) is 0 Å². The third-order valence-corrected chi connectivity index (χ3v) is 3.69. The van der Waals surface area contributed by atoms with Crippen LogP contribution in [-0.4, -0.2) is 0 Å². The molecule has 0 aromatic carbocycles. The average Bonchev–Trinajstić information content (AvgIpc) is 2.55. The van der Waals surface area contributed by atoms with E-state index < -0.39 is 0 Å². The summed E-state index contributed by atoms with van der Waals surface area (Å²) in [6.07, 6.45) is 6.47. The topological polar surface area (TPSA) is 0 Å². The van der Waals surface area contributed by atoms with Gasteiger partial charge in [-0.15, -0.1) is 11.8 Å². The van der Waals surface area contributed by atoms with Crippen molar-refractivity contribution in [2.75, 3.05) is 0 Å². The quantitative estimate of drug-likeness (QED) is 0.551. The van der Waals surface area contributed by atoms with Gasteiger partial charge in [0.25, 0.3) is 0 Å². The Hall–Kier alpha value is -0.440. The predicted molar refractivity (Wildman–Crippen MR) is 60.8 cm³/mol. The monoisotopic (exact) mass is 190 g/mol. The van der Waals surface area contributed by atoms with Gasteiger partial charge in [-0.1, -0.05) is 20.8 Å². The van der Waals surface area contributed by atoms with Gasteiger partial charge in [0.15, 0.2) is 0 Å². The molecule has 0 heterocycles. The second-order valence-electron chi connectivity index (χ2n) is 6.19. The maximum absolute atomic E-state index is 3.28. The Morgan fingerprint density at radius 2 is 1.50 bits per heavy atom. The standard InChI is InChI=1S/C14H22/c1-14(2,3)10-13-11-8-6-4-5-7-9-12(11)13/h11-13H,6-10H2,1-3H3/t11-,12+,13?. The van der Waals surface area contributed by atoms with Crippen molar-refractivity contribution in [2.45, 2.75) is 52.9 Å². The largest absolute Gasteiger partial charge is 0.103 e. The molecule has 3 atom stereocenters. The zero-order chi connectivity index (χ0) is 10.2. The Balaban J connectivity index is 1.88. The van der Waals surface area contributed by atoms with E-state index in [0.29, 0.717) is 5.41 Å². The summed E-state index contributed by atoms with van der Waals surface area (Å²) in [5.74, 6) is 9.64. The van der Waals surface area contributed by atoms with Gasteiger partial charge in [-0.05, 0) is 42.4 Å². The maximum atomic E-state index is 3.28. The lowest BCUT2D eigenvalue weighted by Crippen LogP contribution is -2.06. The molecular formula is C14H22. The number of rotatable bonds is 1. The molecule has 1 fully saturated rings. The van der Waals surface area contributed by atoms with Gasteiger partial charge in [0, 0.05) is 12.8 Å². The molecule has 0 aliphatic heterocycles. The minimum absolute atomic E-state index is 0.520.